The number of hydrogen-bond acceptors (Lipinski definition) is 2. The van der Waals surface area contributed by atoms with E-state index in [2.05, 4.69) is 6.92 Å². The minimum absolute atomic E-state index is 0.363. The van der Waals surface area contributed by atoms with E-state index in [1.54, 1.807) is 7.11 Å². The molecule has 0 saturated heterocycles. The Morgan fingerprint density at radius 1 is 1.30 bits per heavy atom. The van der Waals surface area contributed by atoms with Gasteiger partial charge in [-0.15, -0.1) is 0 Å². The molecule has 0 radical (unpaired) electrons. The van der Waals surface area contributed by atoms with Crippen LogP contribution in [0, 0.1) is 0 Å². The summed E-state index contributed by atoms with van der Waals surface area (Å²) >= 11 is 0. The van der Waals surface area contributed by atoms with E-state index in [4.69, 9.17) is 10.5 Å². The van der Waals surface area contributed by atoms with Crippen molar-refractivity contribution in [2.75, 3.05) is 13.7 Å². The summed E-state index contributed by atoms with van der Waals surface area (Å²) in [7, 11) is 1.74. The third kappa shape index (κ3) is 7.92. The van der Waals surface area contributed by atoms with Gasteiger partial charge in [0.15, 0.2) is 0 Å². The molecule has 0 spiro atoms. The van der Waals surface area contributed by atoms with Gasteiger partial charge in [0.1, 0.15) is 0 Å². The highest BCUT2D eigenvalue weighted by Crippen LogP contribution is 2.01. The number of ether oxygens (including phenoxy) is 1. The van der Waals surface area contributed by atoms with Crippen LogP contribution in [0.3, 0.4) is 0 Å². The van der Waals surface area contributed by atoms with Crippen LogP contribution in [0.2, 0.25) is 0 Å². The highest BCUT2D eigenvalue weighted by Gasteiger charge is 1.92. The summed E-state index contributed by atoms with van der Waals surface area (Å²) in [5.74, 6) is 0. The maximum Gasteiger partial charge on any atom is 0.0462 e. The average Bonchev–Trinajstić information content (AvgIpc) is 1.87. The van der Waals surface area contributed by atoms with Gasteiger partial charge in [-0.05, 0) is 19.8 Å². The number of unbranched alkanes of at least 4 members (excludes halogenated alkanes) is 2. The maximum atomic E-state index is 5.58. The van der Waals surface area contributed by atoms with Gasteiger partial charge < -0.3 is 10.5 Å². The molecule has 0 rings (SSSR count). The van der Waals surface area contributed by atoms with E-state index in [0.717, 1.165) is 13.0 Å². The van der Waals surface area contributed by atoms with Crippen molar-refractivity contribution in [1.82, 2.24) is 0 Å². The Morgan fingerprint density at radius 3 is 2.50 bits per heavy atom. The Bertz CT molecular complexity index is 64.3. The van der Waals surface area contributed by atoms with Crippen molar-refractivity contribution in [3.8, 4) is 0 Å². The standard InChI is InChI=1S/C8H19NO/c1-8(9)6-4-3-5-7-10-2/h8H,3-7,9H2,1-2H3. The number of methoxy groups -OCH3 is 1. The van der Waals surface area contributed by atoms with Crippen molar-refractivity contribution in [3.63, 3.8) is 0 Å². The Kier molecular flexibility index (Phi) is 6.98. The van der Waals surface area contributed by atoms with Gasteiger partial charge in [0.2, 0.25) is 0 Å². The van der Waals surface area contributed by atoms with Gasteiger partial charge in [-0.3, -0.25) is 0 Å². The molecule has 0 aromatic heterocycles. The molecule has 0 aromatic rings. The van der Waals surface area contributed by atoms with Crippen molar-refractivity contribution in [2.45, 2.75) is 38.6 Å². The molecule has 2 nitrogen and oxygen atoms in total. The van der Waals surface area contributed by atoms with Crippen LogP contribution in [0.25, 0.3) is 0 Å². The zero-order chi connectivity index (χ0) is 7.82. The molecule has 0 saturated carbocycles. The lowest BCUT2D eigenvalue weighted by atomic mass is 10.1. The molecule has 0 amide bonds. The van der Waals surface area contributed by atoms with Gasteiger partial charge in [-0.25, -0.2) is 0 Å². The van der Waals surface area contributed by atoms with E-state index in [-0.39, 0.29) is 0 Å². The molecule has 0 heterocycles. The lowest BCUT2D eigenvalue weighted by molar-refractivity contribution is 0.192. The van der Waals surface area contributed by atoms with Gasteiger partial charge in [0.05, 0.1) is 0 Å². The first-order valence-corrected chi connectivity index (χ1v) is 4.02. The van der Waals surface area contributed by atoms with Crippen LogP contribution in [0.1, 0.15) is 32.6 Å². The first-order valence-electron chi connectivity index (χ1n) is 4.02. The Labute approximate surface area is 63.7 Å². The third-order valence-electron chi connectivity index (χ3n) is 1.51. The average molecular weight is 145 g/mol. The molecular formula is C8H19NO. The molecule has 2 N–H and O–H groups in total. The van der Waals surface area contributed by atoms with Crippen molar-refractivity contribution in [3.05, 3.63) is 0 Å². The summed E-state index contributed by atoms with van der Waals surface area (Å²) in [5, 5.41) is 0. The van der Waals surface area contributed by atoms with E-state index in [9.17, 15) is 0 Å². The molecule has 1 atom stereocenters. The summed E-state index contributed by atoms with van der Waals surface area (Å²) in [6.07, 6.45) is 4.79. The fraction of sp³-hybridized carbons (Fsp3) is 1.00. The van der Waals surface area contributed by atoms with E-state index >= 15 is 0 Å². The summed E-state index contributed by atoms with van der Waals surface area (Å²) in [6, 6.07) is 0.363. The summed E-state index contributed by atoms with van der Waals surface area (Å²) in [5.41, 5.74) is 5.58. The Balaban J connectivity index is 2.77. The third-order valence-corrected chi connectivity index (χ3v) is 1.51. The van der Waals surface area contributed by atoms with Gasteiger partial charge in [0.25, 0.3) is 0 Å². The molecule has 1 unspecified atom stereocenters. The largest absolute Gasteiger partial charge is 0.385 e. The summed E-state index contributed by atoms with van der Waals surface area (Å²) in [4.78, 5) is 0. The quantitative estimate of drug-likeness (QED) is 0.575. The summed E-state index contributed by atoms with van der Waals surface area (Å²) in [6.45, 7) is 2.94. The fourth-order valence-electron chi connectivity index (χ4n) is 0.889. The topological polar surface area (TPSA) is 35.2 Å². The van der Waals surface area contributed by atoms with Crippen LogP contribution in [0.5, 0.6) is 0 Å². The Hall–Kier alpha value is -0.0800. The molecule has 10 heavy (non-hydrogen) atoms. The van der Waals surface area contributed by atoms with Crippen LogP contribution in [-0.4, -0.2) is 19.8 Å². The zero-order valence-corrected chi connectivity index (χ0v) is 7.10. The smallest absolute Gasteiger partial charge is 0.0462 e. The first kappa shape index (κ1) is 9.92. The molecule has 0 aliphatic carbocycles. The van der Waals surface area contributed by atoms with E-state index in [1.165, 1.54) is 19.3 Å². The van der Waals surface area contributed by atoms with Crippen molar-refractivity contribution in [2.24, 2.45) is 5.73 Å². The lowest BCUT2D eigenvalue weighted by Crippen LogP contribution is -2.13. The molecule has 0 fully saturated rings. The Morgan fingerprint density at radius 2 is 2.00 bits per heavy atom. The van der Waals surface area contributed by atoms with E-state index < -0.39 is 0 Å². The summed E-state index contributed by atoms with van der Waals surface area (Å²) < 4.78 is 4.92. The van der Waals surface area contributed by atoms with E-state index in [0.29, 0.717) is 6.04 Å². The van der Waals surface area contributed by atoms with Crippen molar-refractivity contribution in [1.29, 1.82) is 0 Å². The monoisotopic (exact) mass is 145 g/mol. The predicted octanol–water partition coefficient (Wildman–Crippen LogP) is 1.54. The number of nitrogens with two attached hydrogens (primary N) is 1. The zero-order valence-electron chi connectivity index (χ0n) is 7.10. The second-order valence-electron chi connectivity index (χ2n) is 2.82. The van der Waals surface area contributed by atoms with Crippen LogP contribution in [0.15, 0.2) is 0 Å². The normalized spacial score (nSPS) is 13.5. The highest BCUT2D eigenvalue weighted by atomic mass is 16.5. The van der Waals surface area contributed by atoms with Crippen LogP contribution >= 0.6 is 0 Å². The van der Waals surface area contributed by atoms with Gasteiger partial charge in [-0.1, -0.05) is 12.8 Å². The molecule has 0 aliphatic heterocycles. The van der Waals surface area contributed by atoms with Crippen LogP contribution < -0.4 is 5.73 Å². The van der Waals surface area contributed by atoms with Crippen LogP contribution in [-0.2, 0) is 4.74 Å². The molecule has 62 valence electrons. The van der Waals surface area contributed by atoms with Crippen LogP contribution in [0.4, 0.5) is 0 Å². The second-order valence-corrected chi connectivity index (χ2v) is 2.82. The lowest BCUT2D eigenvalue weighted by Gasteiger charge is -2.03. The molecule has 0 aliphatic rings. The molecular weight excluding hydrogens is 126 g/mol. The fourth-order valence-corrected chi connectivity index (χ4v) is 0.889. The minimum atomic E-state index is 0.363. The van der Waals surface area contributed by atoms with Gasteiger partial charge in [-0.2, -0.15) is 0 Å². The molecule has 0 aromatic carbocycles. The van der Waals surface area contributed by atoms with Crippen molar-refractivity contribution >= 4 is 0 Å². The number of rotatable bonds is 6. The van der Waals surface area contributed by atoms with Gasteiger partial charge in [0, 0.05) is 19.8 Å². The SMILES string of the molecule is COCCCCCC(C)N. The first-order chi connectivity index (χ1) is 4.77. The van der Waals surface area contributed by atoms with Gasteiger partial charge >= 0.3 is 0 Å². The molecule has 2 heteroatoms. The minimum Gasteiger partial charge on any atom is -0.385 e. The van der Waals surface area contributed by atoms with E-state index in [1.807, 2.05) is 0 Å². The second kappa shape index (κ2) is 7.03. The maximum absolute atomic E-state index is 5.58. The number of hydrogen-bond donors (Lipinski definition) is 1. The highest BCUT2D eigenvalue weighted by molar-refractivity contribution is 4.52. The predicted molar refractivity (Wildman–Crippen MR) is 44.0 cm³/mol. The molecule has 0 bridgehead atoms. The van der Waals surface area contributed by atoms with Crippen molar-refractivity contribution < 1.29 is 4.74 Å².